The van der Waals surface area contributed by atoms with E-state index in [4.69, 9.17) is 0 Å². The first-order valence-electron chi connectivity index (χ1n) is 8.61. The number of fused-ring (bicyclic) bond motifs is 3. The number of aromatic nitrogens is 1. The molecule has 0 aliphatic carbocycles. The highest BCUT2D eigenvalue weighted by Crippen LogP contribution is 2.31. The minimum absolute atomic E-state index is 0.123. The average molecular weight is 322 g/mol. The van der Waals surface area contributed by atoms with Crippen molar-refractivity contribution in [2.75, 3.05) is 13.1 Å². The number of nitrogens with zero attached hydrogens (tertiary/aromatic N) is 1. The van der Waals surface area contributed by atoms with Crippen LogP contribution in [0.1, 0.15) is 25.3 Å². The number of aromatic hydroxyl groups is 1. The summed E-state index contributed by atoms with van der Waals surface area (Å²) in [6, 6.07) is 11.8. The van der Waals surface area contributed by atoms with E-state index in [1.807, 2.05) is 36.4 Å². The van der Waals surface area contributed by atoms with Crippen molar-refractivity contribution in [3.63, 3.8) is 0 Å². The van der Waals surface area contributed by atoms with Crippen molar-refractivity contribution in [2.24, 2.45) is 5.92 Å². The molecule has 1 saturated heterocycles. The Morgan fingerprint density at radius 2 is 1.88 bits per heavy atom. The average Bonchev–Trinajstić information content (AvgIpc) is 2.60. The Bertz CT molecular complexity index is 953. The van der Waals surface area contributed by atoms with Gasteiger partial charge in [0.25, 0.3) is 5.56 Å². The molecule has 0 radical (unpaired) electrons. The Morgan fingerprint density at radius 1 is 1.12 bits per heavy atom. The summed E-state index contributed by atoms with van der Waals surface area (Å²) in [7, 11) is 0. The maximum absolute atomic E-state index is 12.6. The normalized spacial score (nSPS) is 16.9. The first kappa shape index (κ1) is 15.2. The zero-order chi connectivity index (χ0) is 16.7. The summed E-state index contributed by atoms with van der Waals surface area (Å²) in [6.45, 7) is 4.74. The minimum Gasteiger partial charge on any atom is -0.507 e. The van der Waals surface area contributed by atoms with Gasteiger partial charge in [-0.2, -0.15) is 0 Å². The monoisotopic (exact) mass is 322 g/mol. The SMILES string of the molecule is CC1CCN(Cc2c(O)c3ccc4ccccc4c3[nH]c2=O)CC1. The molecule has 0 bridgehead atoms. The molecule has 0 amide bonds. The van der Waals surface area contributed by atoms with E-state index in [1.165, 1.54) is 0 Å². The number of hydrogen-bond donors (Lipinski definition) is 2. The van der Waals surface area contributed by atoms with E-state index in [1.54, 1.807) is 0 Å². The lowest BCUT2D eigenvalue weighted by molar-refractivity contribution is 0.183. The molecule has 1 aliphatic heterocycles. The molecule has 1 aliphatic rings. The van der Waals surface area contributed by atoms with Crippen LogP contribution in [0.4, 0.5) is 0 Å². The van der Waals surface area contributed by atoms with E-state index < -0.39 is 0 Å². The van der Waals surface area contributed by atoms with Crippen LogP contribution >= 0.6 is 0 Å². The van der Waals surface area contributed by atoms with Crippen LogP contribution in [0.5, 0.6) is 5.75 Å². The zero-order valence-corrected chi connectivity index (χ0v) is 13.9. The largest absolute Gasteiger partial charge is 0.507 e. The van der Waals surface area contributed by atoms with Crippen molar-refractivity contribution in [2.45, 2.75) is 26.3 Å². The number of rotatable bonds is 2. The highest BCUT2D eigenvalue weighted by Gasteiger charge is 2.20. The molecule has 0 saturated carbocycles. The Hall–Kier alpha value is -2.33. The van der Waals surface area contributed by atoms with E-state index in [9.17, 15) is 9.90 Å². The van der Waals surface area contributed by atoms with Gasteiger partial charge in [-0.25, -0.2) is 0 Å². The van der Waals surface area contributed by atoms with E-state index in [2.05, 4.69) is 16.8 Å². The van der Waals surface area contributed by atoms with Gasteiger partial charge in [-0.1, -0.05) is 37.3 Å². The fourth-order valence-electron chi connectivity index (χ4n) is 3.65. The summed E-state index contributed by atoms with van der Waals surface area (Å²) in [6.07, 6.45) is 2.30. The van der Waals surface area contributed by atoms with E-state index in [-0.39, 0.29) is 11.3 Å². The molecule has 2 aromatic carbocycles. The third-order valence-electron chi connectivity index (χ3n) is 5.24. The van der Waals surface area contributed by atoms with Gasteiger partial charge in [-0.05, 0) is 43.3 Å². The number of aromatic amines is 1. The lowest BCUT2D eigenvalue weighted by Crippen LogP contribution is -2.34. The molecule has 2 heterocycles. The number of pyridine rings is 1. The van der Waals surface area contributed by atoms with Crippen LogP contribution < -0.4 is 5.56 Å². The molecule has 4 rings (SSSR count). The smallest absolute Gasteiger partial charge is 0.256 e. The van der Waals surface area contributed by atoms with Crippen LogP contribution in [0.15, 0.2) is 41.2 Å². The fraction of sp³-hybridized carbons (Fsp3) is 0.350. The molecule has 0 spiro atoms. The van der Waals surface area contributed by atoms with Gasteiger partial charge in [0.2, 0.25) is 0 Å². The highest BCUT2D eigenvalue weighted by atomic mass is 16.3. The number of likely N-dealkylation sites (tertiary alicyclic amines) is 1. The molecule has 4 nitrogen and oxygen atoms in total. The van der Waals surface area contributed by atoms with Gasteiger partial charge < -0.3 is 10.1 Å². The summed E-state index contributed by atoms with van der Waals surface area (Å²) >= 11 is 0. The summed E-state index contributed by atoms with van der Waals surface area (Å²) in [5, 5.41) is 13.5. The predicted octanol–water partition coefficient (Wildman–Crippen LogP) is 3.62. The van der Waals surface area contributed by atoms with Crippen LogP contribution in [0, 0.1) is 5.92 Å². The minimum atomic E-state index is -0.185. The van der Waals surface area contributed by atoms with Gasteiger partial charge in [-0.15, -0.1) is 0 Å². The first-order chi connectivity index (χ1) is 11.6. The van der Waals surface area contributed by atoms with Gasteiger partial charge in [0.05, 0.1) is 11.1 Å². The van der Waals surface area contributed by atoms with Crippen LogP contribution in [0.3, 0.4) is 0 Å². The number of piperidine rings is 1. The zero-order valence-electron chi connectivity index (χ0n) is 13.9. The Labute approximate surface area is 140 Å². The molecule has 3 aromatic rings. The second kappa shape index (κ2) is 5.95. The lowest BCUT2D eigenvalue weighted by Gasteiger charge is -2.30. The molecule has 24 heavy (non-hydrogen) atoms. The number of benzene rings is 2. The summed E-state index contributed by atoms with van der Waals surface area (Å²) in [5.41, 5.74) is 1.01. The molecular formula is C20H22N2O2. The van der Waals surface area contributed by atoms with E-state index >= 15 is 0 Å². The van der Waals surface area contributed by atoms with E-state index in [0.717, 1.165) is 42.6 Å². The maximum atomic E-state index is 12.6. The topological polar surface area (TPSA) is 56.3 Å². The molecule has 2 N–H and O–H groups in total. The van der Waals surface area contributed by atoms with Crippen LogP contribution in [-0.4, -0.2) is 28.1 Å². The van der Waals surface area contributed by atoms with Crippen molar-refractivity contribution in [3.05, 3.63) is 52.3 Å². The molecule has 0 unspecified atom stereocenters. The van der Waals surface area contributed by atoms with Crippen LogP contribution in [-0.2, 0) is 6.54 Å². The molecular weight excluding hydrogens is 300 g/mol. The van der Waals surface area contributed by atoms with Gasteiger partial charge in [0.15, 0.2) is 0 Å². The fourth-order valence-corrected chi connectivity index (χ4v) is 3.65. The third kappa shape index (κ3) is 2.57. The standard InChI is InChI=1S/C20H22N2O2/c1-13-8-10-22(11-9-13)12-17-19(23)16-7-6-14-4-2-3-5-15(14)18(16)21-20(17)24/h2-7,13H,8-12H2,1H3,(H2,21,23,24). The molecule has 124 valence electrons. The van der Waals surface area contributed by atoms with Gasteiger partial charge >= 0.3 is 0 Å². The summed E-state index contributed by atoms with van der Waals surface area (Å²) < 4.78 is 0. The van der Waals surface area contributed by atoms with Crippen molar-refractivity contribution in [1.82, 2.24) is 9.88 Å². The molecule has 1 aromatic heterocycles. The van der Waals surface area contributed by atoms with Crippen molar-refractivity contribution >= 4 is 21.7 Å². The third-order valence-corrected chi connectivity index (χ3v) is 5.24. The number of H-pyrrole nitrogens is 1. The number of nitrogens with one attached hydrogen (secondary N) is 1. The predicted molar refractivity (Wildman–Crippen MR) is 97.4 cm³/mol. The van der Waals surface area contributed by atoms with Gasteiger partial charge in [0, 0.05) is 17.3 Å². The van der Waals surface area contributed by atoms with Crippen LogP contribution in [0.2, 0.25) is 0 Å². The second-order valence-corrected chi connectivity index (χ2v) is 6.95. The lowest BCUT2D eigenvalue weighted by atomic mass is 9.98. The second-order valence-electron chi connectivity index (χ2n) is 6.95. The van der Waals surface area contributed by atoms with Crippen molar-refractivity contribution in [1.29, 1.82) is 0 Å². The van der Waals surface area contributed by atoms with Crippen molar-refractivity contribution in [3.8, 4) is 5.75 Å². The van der Waals surface area contributed by atoms with Gasteiger partial charge in [-0.3, -0.25) is 9.69 Å². The molecule has 0 atom stereocenters. The Kier molecular flexibility index (Phi) is 3.77. The number of hydrogen-bond acceptors (Lipinski definition) is 3. The summed E-state index contributed by atoms with van der Waals surface area (Å²) in [4.78, 5) is 17.9. The van der Waals surface area contributed by atoms with Crippen molar-refractivity contribution < 1.29 is 5.11 Å². The Balaban J connectivity index is 1.80. The van der Waals surface area contributed by atoms with Gasteiger partial charge in [0.1, 0.15) is 5.75 Å². The highest BCUT2D eigenvalue weighted by molar-refractivity contribution is 6.07. The Morgan fingerprint density at radius 3 is 2.67 bits per heavy atom. The van der Waals surface area contributed by atoms with E-state index in [0.29, 0.717) is 23.0 Å². The molecule has 4 heteroatoms. The maximum Gasteiger partial charge on any atom is 0.256 e. The first-order valence-corrected chi connectivity index (χ1v) is 8.61. The summed E-state index contributed by atoms with van der Waals surface area (Å²) in [5.74, 6) is 0.870. The van der Waals surface area contributed by atoms with Crippen LogP contribution in [0.25, 0.3) is 21.7 Å². The molecule has 1 fully saturated rings. The quantitative estimate of drug-likeness (QED) is 0.709.